The van der Waals surface area contributed by atoms with Crippen molar-refractivity contribution in [3.05, 3.63) is 70.9 Å². The third-order valence-corrected chi connectivity index (χ3v) is 14.2. The van der Waals surface area contributed by atoms with Crippen molar-refractivity contribution in [1.29, 1.82) is 0 Å². The normalized spacial score (nSPS) is 21.0. The van der Waals surface area contributed by atoms with Crippen LogP contribution in [0.4, 0.5) is 13.2 Å². The van der Waals surface area contributed by atoms with Crippen LogP contribution in [0, 0.1) is 5.82 Å². The zero-order valence-corrected chi connectivity index (χ0v) is 27.5. The van der Waals surface area contributed by atoms with Crippen molar-refractivity contribution in [3.63, 3.8) is 0 Å². The number of hydrogen-bond acceptors (Lipinski definition) is 5. The topological polar surface area (TPSA) is 71.8 Å². The van der Waals surface area contributed by atoms with Crippen LogP contribution in [-0.2, 0) is 4.43 Å². The first kappa shape index (κ1) is 32.4. The second-order valence-corrected chi connectivity index (χ2v) is 18.5. The van der Waals surface area contributed by atoms with Crippen LogP contribution >= 0.6 is 0 Å². The van der Waals surface area contributed by atoms with Crippen LogP contribution in [0.5, 0.6) is 0 Å². The van der Waals surface area contributed by atoms with E-state index in [1.54, 1.807) is 29.9 Å². The molecule has 3 aromatic rings. The number of carbonyl (C=O) groups excluding carboxylic acids is 1. The number of rotatable bonds is 8. The summed E-state index contributed by atoms with van der Waals surface area (Å²) in [4.78, 5) is 15.9. The van der Waals surface area contributed by atoms with Gasteiger partial charge in [0.25, 0.3) is 12.3 Å². The lowest BCUT2D eigenvalue weighted by Gasteiger charge is -2.44. The molecule has 7 nitrogen and oxygen atoms in total. The molecule has 3 atom stereocenters. The highest BCUT2D eigenvalue weighted by molar-refractivity contribution is 6.74. The summed E-state index contributed by atoms with van der Waals surface area (Å²) >= 11 is 0. The summed E-state index contributed by atoms with van der Waals surface area (Å²) in [5.74, 6) is -1.44. The van der Waals surface area contributed by atoms with E-state index in [-0.39, 0.29) is 16.7 Å². The molecule has 0 bridgehead atoms. The Hall–Kier alpha value is -3.02. The number of aromatic nitrogens is 3. The molecule has 5 rings (SSSR count). The van der Waals surface area contributed by atoms with E-state index in [1.807, 2.05) is 0 Å². The number of hydrogen-bond donors (Lipinski definition) is 1. The molecule has 1 N–H and O–H groups in total. The molecular weight excluding hydrogens is 583 g/mol. The maximum absolute atomic E-state index is 14.7. The van der Waals surface area contributed by atoms with Crippen LogP contribution in [0.15, 0.2) is 42.9 Å². The van der Waals surface area contributed by atoms with Crippen molar-refractivity contribution in [2.45, 2.75) is 103 Å². The SMILES string of the molecule is C[C@@H](NC(=O)c1cc(C2=CCC(N3CCCC(O[Si](C)(C)C(C)(C)C)C3)CC2)c2nncn2c1)c1cccc(C(F)F)c1F. The maximum atomic E-state index is 14.7. The van der Waals surface area contributed by atoms with E-state index in [0.29, 0.717) is 17.3 Å². The fourth-order valence-electron chi connectivity index (χ4n) is 6.11. The molecule has 11 heteroatoms. The van der Waals surface area contributed by atoms with Crippen LogP contribution in [-0.4, -0.2) is 59.0 Å². The van der Waals surface area contributed by atoms with E-state index < -0.39 is 38.1 Å². The Bertz CT molecular complexity index is 1530. The zero-order chi connectivity index (χ0) is 31.8. The molecular formula is C33H44F3N5O2Si. The first-order valence-electron chi connectivity index (χ1n) is 15.6. The Morgan fingerprint density at radius 1 is 1.18 bits per heavy atom. The van der Waals surface area contributed by atoms with Gasteiger partial charge < -0.3 is 9.74 Å². The first-order chi connectivity index (χ1) is 20.7. The van der Waals surface area contributed by atoms with E-state index in [4.69, 9.17) is 4.43 Å². The molecule has 1 fully saturated rings. The minimum atomic E-state index is -2.94. The molecule has 1 saturated heterocycles. The molecule has 238 valence electrons. The lowest BCUT2D eigenvalue weighted by atomic mass is 9.89. The Morgan fingerprint density at radius 3 is 2.61 bits per heavy atom. The lowest BCUT2D eigenvalue weighted by Crippen LogP contribution is -2.51. The van der Waals surface area contributed by atoms with Crippen molar-refractivity contribution in [1.82, 2.24) is 24.8 Å². The summed E-state index contributed by atoms with van der Waals surface area (Å²) in [6, 6.07) is 5.26. The van der Waals surface area contributed by atoms with Gasteiger partial charge in [-0.15, -0.1) is 10.2 Å². The van der Waals surface area contributed by atoms with Gasteiger partial charge in [-0.3, -0.25) is 14.1 Å². The molecule has 1 aromatic carbocycles. The number of halogens is 3. The fourth-order valence-corrected chi connectivity index (χ4v) is 7.49. The van der Waals surface area contributed by atoms with E-state index in [2.05, 4.69) is 60.4 Å². The monoisotopic (exact) mass is 627 g/mol. The van der Waals surface area contributed by atoms with Gasteiger partial charge in [0.05, 0.1) is 23.3 Å². The largest absolute Gasteiger partial charge is 0.413 e. The number of pyridine rings is 1. The highest BCUT2D eigenvalue weighted by atomic mass is 28.4. The van der Waals surface area contributed by atoms with Crippen molar-refractivity contribution in [2.75, 3.05) is 13.1 Å². The third kappa shape index (κ3) is 6.79. The molecule has 1 amide bonds. The summed E-state index contributed by atoms with van der Waals surface area (Å²) in [5.41, 5.74) is 2.30. The van der Waals surface area contributed by atoms with Crippen molar-refractivity contribution < 1.29 is 22.4 Å². The molecule has 3 heterocycles. The average Bonchev–Trinajstić information content (AvgIpc) is 3.45. The molecule has 2 unspecified atom stereocenters. The van der Waals surface area contributed by atoms with E-state index >= 15 is 0 Å². The van der Waals surface area contributed by atoms with E-state index in [1.165, 1.54) is 12.1 Å². The van der Waals surface area contributed by atoms with Gasteiger partial charge in [0.1, 0.15) is 12.1 Å². The van der Waals surface area contributed by atoms with Crippen LogP contribution in [0.3, 0.4) is 0 Å². The number of allylic oxidation sites excluding steroid dienone is 1. The van der Waals surface area contributed by atoms with Crippen LogP contribution in [0.2, 0.25) is 18.1 Å². The Labute approximate surface area is 259 Å². The van der Waals surface area contributed by atoms with Crippen LogP contribution in [0.25, 0.3) is 11.2 Å². The predicted molar refractivity (Wildman–Crippen MR) is 169 cm³/mol. The van der Waals surface area contributed by atoms with Crippen molar-refractivity contribution in [3.8, 4) is 0 Å². The van der Waals surface area contributed by atoms with Gasteiger partial charge in [0.2, 0.25) is 0 Å². The van der Waals surface area contributed by atoms with E-state index in [9.17, 15) is 18.0 Å². The molecule has 2 aliphatic rings. The molecule has 1 aliphatic heterocycles. The number of alkyl halides is 2. The number of amides is 1. The van der Waals surface area contributed by atoms with E-state index in [0.717, 1.165) is 62.4 Å². The van der Waals surface area contributed by atoms with Gasteiger partial charge in [-0.05, 0) is 75.3 Å². The number of likely N-dealkylation sites (tertiary alicyclic amines) is 1. The molecule has 44 heavy (non-hydrogen) atoms. The molecule has 0 spiro atoms. The first-order valence-corrected chi connectivity index (χ1v) is 18.5. The number of nitrogens with zero attached hydrogens (tertiary/aromatic N) is 4. The lowest BCUT2D eigenvalue weighted by molar-refractivity contribution is 0.0507. The Balaban J connectivity index is 1.30. The smallest absolute Gasteiger partial charge is 0.266 e. The van der Waals surface area contributed by atoms with Gasteiger partial charge >= 0.3 is 0 Å². The minimum Gasteiger partial charge on any atom is -0.413 e. The fraction of sp³-hybridized carbons (Fsp3) is 0.545. The summed E-state index contributed by atoms with van der Waals surface area (Å²) in [7, 11) is -1.84. The summed E-state index contributed by atoms with van der Waals surface area (Å²) in [5, 5.41) is 11.3. The second-order valence-electron chi connectivity index (χ2n) is 13.7. The van der Waals surface area contributed by atoms with Crippen LogP contribution < -0.4 is 5.32 Å². The second kappa shape index (κ2) is 12.8. The molecule has 0 radical (unpaired) electrons. The summed E-state index contributed by atoms with van der Waals surface area (Å²) < 4.78 is 49.7. The van der Waals surface area contributed by atoms with Crippen LogP contribution in [0.1, 0.15) is 99.3 Å². The summed E-state index contributed by atoms with van der Waals surface area (Å²) in [6.45, 7) is 15.1. The molecule has 1 aliphatic carbocycles. The van der Waals surface area contributed by atoms with Crippen molar-refractivity contribution >= 4 is 25.4 Å². The third-order valence-electron chi connectivity index (χ3n) is 9.68. The number of piperidine rings is 1. The number of fused-ring (bicyclic) bond motifs is 1. The van der Waals surface area contributed by atoms with Crippen molar-refractivity contribution in [2.24, 2.45) is 0 Å². The Kier molecular flexibility index (Phi) is 9.39. The standard InChI is InChI=1S/C33H44F3N5O2Si/c1-21(26-10-7-11-27(29(26)34)30(35)36)38-32(42)23-17-28(31-39-37-20-41(31)18-23)22-12-14-24(15-13-22)40-16-8-9-25(19-40)43-44(5,6)33(2,3)4/h7,10-12,17-18,20-21,24-25,30H,8-9,13-16,19H2,1-6H3,(H,38,42)/t21-,24?,25?/m1/s1. The Morgan fingerprint density at radius 2 is 1.93 bits per heavy atom. The minimum absolute atomic E-state index is 0.0115. The number of nitrogens with one attached hydrogen (secondary N) is 1. The quantitative estimate of drug-likeness (QED) is 0.259. The highest BCUT2D eigenvalue weighted by Crippen LogP contribution is 2.39. The number of benzene rings is 1. The van der Waals surface area contributed by atoms with Gasteiger partial charge in [0, 0.05) is 29.9 Å². The maximum Gasteiger partial charge on any atom is 0.266 e. The van der Waals surface area contributed by atoms with Gasteiger partial charge in [0.15, 0.2) is 14.0 Å². The van der Waals surface area contributed by atoms with Gasteiger partial charge in [-0.25, -0.2) is 13.2 Å². The highest BCUT2D eigenvalue weighted by Gasteiger charge is 2.40. The van der Waals surface area contributed by atoms with Gasteiger partial charge in [-0.2, -0.15) is 0 Å². The molecule has 0 saturated carbocycles. The predicted octanol–water partition coefficient (Wildman–Crippen LogP) is 7.72. The van der Waals surface area contributed by atoms with Gasteiger partial charge in [-0.1, -0.05) is 45.0 Å². The summed E-state index contributed by atoms with van der Waals surface area (Å²) in [6.07, 6.45) is 7.75. The average molecular weight is 628 g/mol. The zero-order valence-electron chi connectivity index (χ0n) is 26.5. The molecule has 2 aromatic heterocycles. The number of carbonyl (C=O) groups is 1.